The van der Waals surface area contributed by atoms with Crippen molar-refractivity contribution in [2.24, 2.45) is 5.73 Å². The number of thiol groups is 1. The lowest BCUT2D eigenvalue weighted by atomic mass is 10.0. The highest BCUT2D eigenvalue weighted by atomic mass is 32.1. The molecular weight excluding hydrogens is 162 g/mol. The molecule has 0 aromatic rings. The summed E-state index contributed by atoms with van der Waals surface area (Å²) in [6.45, 7) is 0. The predicted octanol–water partition coefficient (Wildman–Crippen LogP) is 2.50. The third-order valence-electron chi connectivity index (χ3n) is 1.50. The SMILES string of the molecule is C1CCCCC1.NC(=S)S. The lowest BCUT2D eigenvalue weighted by Gasteiger charge is -2.05. The molecule has 0 aliphatic heterocycles. The highest BCUT2D eigenvalue weighted by Crippen LogP contribution is 2.15. The molecule has 0 radical (unpaired) electrons. The standard InChI is InChI=1S/C6H12.CH3NS2/c1-2-4-6-5-3-1;2-1(3)4/h1-6H2;(H3,2,3,4). The molecule has 3 heteroatoms. The van der Waals surface area contributed by atoms with Gasteiger partial charge < -0.3 is 5.73 Å². The first-order valence-electron chi connectivity index (χ1n) is 3.72. The van der Waals surface area contributed by atoms with E-state index in [-0.39, 0.29) is 4.32 Å². The van der Waals surface area contributed by atoms with Crippen molar-refractivity contribution in [2.75, 3.05) is 0 Å². The second-order valence-electron chi connectivity index (χ2n) is 2.46. The zero-order valence-electron chi connectivity index (χ0n) is 6.18. The van der Waals surface area contributed by atoms with Crippen LogP contribution in [-0.2, 0) is 0 Å². The Bertz CT molecular complexity index is 74.1. The van der Waals surface area contributed by atoms with Crippen molar-refractivity contribution in [1.82, 2.24) is 0 Å². The maximum absolute atomic E-state index is 4.71. The third-order valence-corrected chi connectivity index (χ3v) is 1.50. The van der Waals surface area contributed by atoms with Gasteiger partial charge in [0.2, 0.25) is 0 Å². The Morgan fingerprint density at radius 2 is 1.10 bits per heavy atom. The molecule has 0 saturated heterocycles. The van der Waals surface area contributed by atoms with Crippen LogP contribution in [0.1, 0.15) is 38.5 Å². The van der Waals surface area contributed by atoms with Crippen LogP contribution in [0.2, 0.25) is 0 Å². The Hall–Kier alpha value is 0.240. The van der Waals surface area contributed by atoms with Crippen molar-refractivity contribution < 1.29 is 0 Å². The van der Waals surface area contributed by atoms with Crippen LogP contribution in [-0.4, -0.2) is 4.32 Å². The average molecular weight is 177 g/mol. The molecule has 1 rings (SSSR count). The van der Waals surface area contributed by atoms with Gasteiger partial charge in [0.25, 0.3) is 0 Å². The fourth-order valence-corrected chi connectivity index (χ4v) is 1.06. The van der Waals surface area contributed by atoms with Crippen LogP contribution in [0.4, 0.5) is 0 Å². The van der Waals surface area contributed by atoms with Gasteiger partial charge in [0.15, 0.2) is 0 Å². The molecule has 0 spiro atoms. The Morgan fingerprint density at radius 1 is 1.00 bits per heavy atom. The average Bonchev–Trinajstić information content (AvgIpc) is 1.90. The quantitative estimate of drug-likeness (QED) is 0.439. The molecule has 1 fully saturated rings. The van der Waals surface area contributed by atoms with Crippen LogP contribution in [0.15, 0.2) is 0 Å². The van der Waals surface area contributed by atoms with Crippen LogP contribution < -0.4 is 5.73 Å². The maximum Gasteiger partial charge on any atom is 0.128 e. The lowest BCUT2D eigenvalue weighted by molar-refractivity contribution is 0.504. The van der Waals surface area contributed by atoms with Crippen molar-refractivity contribution in [3.8, 4) is 0 Å². The molecule has 1 aliphatic rings. The molecule has 1 aliphatic carbocycles. The van der Waals surface area contributed by atoms with Crippen LogP contribution in [0.25, 0.3) is 0 Å². The number of thiocarbonyl (C=S) groups is 1. The minimum absolute atomic E-state index is 0.194. The number of hydrogen-bond donors (Lipinski definition) is 2. The smallest absolute Gasteiger partial charge is 0.128 e. The van der Waals surface area contributed by atoms with Crippen molar-refractivity contribution >= 4 is 29.2 Å². The Balaban J connectivity index is 0.000000180. The lowest BCUT2D eigenvalue weighted by Crippen LogP contribution is -1.94. The Labute approximate surface area is 73.8 Å². The van der Waals surface area contributed by atoms with Crippen LogP contribution in [0, 0.1) is 0 Å². The predicted molar refractivity (Wildman–Crippen MR) is 53.5 cm³/mol. The molecule has 0 bridgehead atoms. The summed E-state index contributed by atoms with van der Waals surface area (Å²) in [4.78, 5) is 0. The van der Waals surface area contributed by atoms with E-state index in [0.29, 0.717) is 0 Å². The summed E-state index contributed by atoms with van der Waals surface area (Å²) in [5.74, 6) is 0. The van der Waals surface area contributed by atoms with Gasteiger partial charge in [0, 0.05) is 0 Å². The molecule has 0 heterocycles. The van der Waals surface area contributed by atoms with Gasteiger partial charge in [-0.25, -0.2) is 0 Å². The minimum Gasteiger partial charge on any atom is -0.385 e. The molecule has 0 atom stereocenters. The van der Waals surface area contributed by atoms with Crippen molar-refractivity contribution in [1.29, 1.82) is 0 Å². The van der Waals surface area contributed by atoms with Gasteiger partial charge in [0.1, 0.15) is 4.32 Å². The third kappa shape index (κ3) is 11.1. The van der Waals surface area contributed by atoms with E-state index in [1.165, 1.54) is 38.5 Å². The van der Waals surface area contributed by atoms with E-state index in [4.69, 9.17) is 5.73 Å². The van der Waals surface area contributed by atoms with Gasteiger partial charge in [-0.05, 0) is 0 Å². The zero-order chi connectivity index (χ0) is 7.82. The molecule has 1 nitrogen and oxygen atoms in total. The van der Waals surface area contributed by atoms with E-state index < -0.39 is 0 Å². The molecule has 10 heavy (non-hydrogen) atoms. The van der Waals surface area contributed by atoms with Gasteiger partial charge in [-0.15, -0.1) is 12.6 Å². The summed E-state index contributed by atoms with van der Waals surface area (Å²) in [7, 11) is 0. The fraction of sp³-hybridized carbons (Fsp3) is 0.857. The molecule has 1 saturated carbocycles. The van der Waals surface area contributed by atoms with Crippen LogP contribution in [0.3, 0.4) is 0 Å². The second-order valence-corrected chi connectivity index (χ2v) is 3.68. The summed E-state index contributed by atoms with van der Waals surface area (Å²) in [5.41, 5.74) is 4.71. The monoisotopic (exact) mass is 177 g/mol. The largest absolute Gasteiger partial charge is 0.385 e. The maximum atomic E-state index is 4.71. The first-order valence-corrected chi connectivity index (χ1v) is 4.57. The number of nitrogens with two attached hydrogens (primary N) is 1. The van der Waals surface area contributed by atoms with Gasteiger partial charge in [-0.3, -0.25) is 0 Å². The zero-order valence-corrected chi connectivity index (χ0v) is 7.89. The second kappa shape index (κ2) is 7.35. The van der Waals surface area contributed by atoms with Crippen molar-refractivity contribution in [3.05, 3.63) is 0 Å². The first-order chi connectivity index (χ1) is 4.73. The van der Waals surface area contributed by atoms with Gasteiger partial charge in [-0.1, -0.05) is 50.7 Å². The molecule has 0 unspecified atom stereocenters. The number of hydrogen-bond acceptors (Lipinski definition) is 1. The van der Waals surface area contributed by atoms with Gasteiger partial charge in [0.05, 0.1) is 0 Å². The molecule has 0 amide bonds. The number of rotatable bonds is 0. The molecular formula is C7H15NS2. The van der Waals surface area contributed by atoms with Crippen molar-refractivity contribution in [3.63, 3.8) is 0 Å². The van der Waals surface area contributed by atoms with E-state index in [1.54, 1.807) is 0 Å². The summed E-state index contributed by atoms with van der Waals surface area (Å²) in [5, 5.41) is 0. The van der Waals surface area contributed by atoms with Crippen LogP contribution >= 0.6 is 24.8 Å². The topological polar surface area (TPSA) is 26.0 Å². The van der Waals surface area contributed by atoms with E-state index in [2.05, 4.69) is 24.8 Å². The Kier molecular flexibility index (Phi) is 7.52. The fourth-order valence-electron chi connectivity index (χ4n) is 1.06. The Morgan fingerprint density at radius 3 is 1.20 bits per heavy atom. The van der Waals surface area contributed by atoms with Crippen LogP contribution in [0.5, 0.6) is 0 Å². The molecule has 0 aromatic heterocycles. The molecule has 2 N–H and O–H groups in total. The highest BCUT2D eigenvalue weighted by Gasteiger charge is 1.95. The highest BCUT2D eigenvalue weighted by molar-refractivity contribution is 8.10. The summed E-state index contributed by atoms with van der Waals surface area (Å²) in [6, 6.07) is 0. The normalized spacial score (nSPS) is 16.9. The van der Waals surface area contributed by atoms with Gasteiger partial charge in [-0.2, -0.15) is 0 Å². The van der Waals surface area contributed by atoms with E-state index >= 15 is 0 Å². The summed E-state index contributed by atoms with van der Waals surface area (Å²) < 4.78 is 0.194. The van der Waals surface area contributed by atoms with Crippen molar-refractivity contribution in [2.45, 2.75) is 38.5 Å². The van der Waals surface area contributed by atoms with E-state index in [0.717, 1.165) is 0 Å². The molecule has 60 valence electrons. The minimum atomic E-state index is 0.194. The first kappa shape index (κ1) is 10.2. The summed E-state index contributed by atoms with van der Waals surface area (Å²) >= 11 is 7.65. The molecule has 0 aromatic carbocycles. The summed E-state index contributed by atoms with van der Waals surface area (Å²) in [6.07, 6.45) is 9.00. The van der Waals surface area contributed by atoms with E-state index in [1.807, 2.05) is 0 Å². The van der Waals surface area contributed by atoms with E-state index in [9.17, 15) is 0 Å². The van der Waals surface area contributed by atoms with Gasteiger partial charge >= 0.3 is 0 Å².